The van der Waals surface area contributed by atoms with E-state index in [2.05, 4.69) is 121 Å². The molecule has 0 radical (unpaired) electrons. The topological polar surface area (TPSA) is 125 Å². The molecule has 9 heteroatoms. The predicted octanol–water partition coefficient (Wildman–Crippen LogP) is 11.0. The van der Waals surface area contributed by atoms with Gasteiger partial charge in [0.1, 0.15) is 17.1 Å². The summed E-state index contributed by atoms with van der Waals surface area (Å²) in [7, 11) is 0. The van der Waals surface area contributed by atoms with Gasteiger partial charge in [0.05, 0.1) is 17.1 Å². The molecule has 57 heavy (non-hydrogen) atoms. The van der Waals surface area contributed by atoms with Gasteiger partial charge in [-0.1, -0.05) is 91.0 Å². The number of hydrogen-bond acceptors (Lipinski definition) is 6. The standard InChI is InChI=1S/C48H33N9/c1-4-16-37(43-28-52-46(55-43)40-19-7-10-22-49-40)34(13-1)31-25-32(35-14-2-5-17-38(35)44-29-53-47(56-44)41-20-8-11-23-50-41)27-33(26-31)36-15-3-6-18-39(36)45-30-54-48(57-45)42-21-9-12-24-51-42/h1-30H,(H,52,55)(H,53,56)(H,54,57). The second kappa shape index (κ2) is 14.7. The van der Waals surface area contributed by atoms with Crippen molar-refractivity contribution in [2.75, 3.05) is 0 Å². The minimum atomic E-state index is 0.714. The third-order valence-corrected chi connectivity index (χ3v) is 9.93. The summed E-state index contributed by atoms with van der Waals surface area (Å²) in [6.07, 6.45) is 11.2. The van der Waals surface area contributed by atoms with Crippen molar-refractivity contribution in [3.63, 3.8) is 0 Å². The smallest absolute Gasteiger partial charge is 0.156 e. The van der Waals surface area contributed by atoms with Crippen molar-refractivity contribution >= 4 is 0 Å². The average molecular weight is 736 g/mol. The molecule has 0 saturated heterocycles. The molecule has 0 unspecified atom stereocenters. The lowest BCUT2D eigenvalue weighted by Gasteiger charge is -2.16. The van der Waals surface area contributed by atoms with Crippen LogP contribution in [-0.2, 0) is 0 Å². The van der Waals surface area contributed by atoms with Gasteiger partial charge in [-0.05, 0) is 88.0 Å². The lowest BCUT2D eigenvalue weighted by Crippen LogP contribution is -1.92. The first-order chi connectivity index (χ1) is 28.2. The molecule has 6 aromatic heterocycles. The molecule has 10 aromatic rings. The molecule has 0 aliphatic rings. The van der Waals surface area contributed by atoms with Gasteiger partial charge in [0, 0.05) is 53.9 Å². The van der Waals surface area contributed by atoms with Crippen LogP contribution in [0.3, 0.4) is 0 Å². The molecule has 270 valence electrons. The number of pyridine rings is 3. The highest BCUT2D eigenvalue weighted by atomic mass is 15.0. The fraction of sp³-hybridized carbons (Fsp3) is 0. The summed E-state index contributed by atoms with van der Waals surface area (Å²) in [5.41, 5.74) is 14.1. The van der Waals surface area contributed by atoms with Crippen LogP contribution in [0.2, 0.25) is 0 Å². The van der Waals surface area contributed by atoms with Crippen LogP contribution in [0.25, 0.3) is 102 Å². The fourth-order valence-corrected chi connectivity index (χ4v) is 7.25. The van der Waals surface area contributed by atoms with Gasteiger partial charge in [-0.2, -0.15) is 0 Å². The van der Waals surface area contributed by atoms with Crippen LogP contribution in [-0.4, -0.2) is 44.9 Å². The van der Waals surface area contributed by atoms with Crippen molar-refractivity contribution < 1.29 is 0 Å². The summed E-state index contributed by atoms with van der Waals surface area (Å²) in [5, 5.41) is 0. The Labute approximate surface area is 328 Å². The maximum atomic E-state index is 5.01. The average Bonchev–Trinajstić information content (AvgIpc) is 4.10. The van der Waals surface area contributed by atoms with E-state index in [1.54, 1.807) is 18.6 Å². The van der Waals surface area contributed by atoms with Crippen molar-refractivity contribution in [2.45, 2.75) is 0 Å². The molecule has 9 nitrogen and oxygen atoms in total. The summed E-state index contributed by atoms with van der Waals surface area (Å²) in [5.74, 6) is 2.14. The molecular formula is C48H33N9. The van der Waals surface area contributed by atoms with Crippen LogP contribution in [0.15, 0.2) is 183 Å². The summed E-state index contributed by atoms with van der Waals surface area (Å²) in [6, 6.07) is 49.5. The number of aromatic amines is 3. The summed E-state index contributed by atoms with van der Waals surface area (Å²) < 4.78 is 0. The van der Waals surface area contributed by atoms with E-state index in [-0.39, 0.29) is 0 Å². The minimum absolute atomic E-state index is 0.714. The Bertz CT molecular complexity index is 2630. The number of hydrogen-bond donors (Lipinski definition) is 3. The van der Waals surface area contributed by atoms with Gasteiger partial charge in [-0.3, -0.25) is 15.0 Å². The zero-order chi connectivity index (χ0) is 38.0. The van der Waals surface area contributed by atoms with Gasteiger partial charge in [0.2, 0.25) is 0 Å². The molecule has 10 rings (SSSR count). The number of nitrogens with one attached hydrogen (secondary N) is 3. The van der Waals surface area contributed by atoms with Gasteiger partial charge in [-0.25, -0.2) is 15.0 Å². The monoisotopic (exact) mass is 735 g/mol. The first kappa shape index (κ1) is 33.5. The SMILES string of the molecule is c1ccc(-c2nc(-c3ccccc3-c3cc(-c4ccccc4-c4c[nH]c(-c5ccccn5)n4)cc(-c4ccccc4-c4c[nH]c(-c5ccccn5)n4)c3)c[nH]2)nc1. The third kappa shape index (κ3) is 6.59. The molecule has 4 aromatic carbocycles. The highest BCUT2D eigenvalue weighted by Crippen LogP contribution is 2.42. The number of nitrogens with zero attached hydrogens (tertiary/aromatic N) is 6. The Balaban J connectivity index is 1.14. The largest absolute Gasteiger partial charge is 0.343 e. The number of imidazole rings is 3. The quantitative estimate of drug-likeness (QED) is 0.136. The lowest BCUT2D eigenvalue weighted by atomic mass is 9.88. The number of rotatable bonds is 9. The van der Waals surface area contributed by atoms with Crippen LogP contribution in [0.5, 0.6) is 0 Å². The molecule has 6 heterocycles. The van der Waals surface area contributed by atoms with E-state index in [4.69, 9.17) is 15.0 Å². The van der Waals surface area contributed by atoms with Gasteiger partial charge in [-0.15, -0.1) is 0 Å². The molecule has 3 N–H and O–H groups in total. The zero-order valence-corrected chi connectivity index (χ0v) is 30.5. The maximum absolute atomic E-state index is 5.01. The van der Waals surface area contributed by atoms with E-state index in [1.807, 2.05) is 73.2 Å². The Morgan fingerprint density at radius 3 is 0.842 bits per heavy atom. The zero-order valence-electron chi connectivity index (χ0n) is 30.5. The summed E-state index contributed by atoms with van der Waals surface area (Å²) >= 11 is 0. The van der Waals surface area contributed by atoms with Crippen LogP contribution in [0.4, 0.5) is 0 Å². The number of H-pyrrole nitrogens is 3. The van der Waals surface area contributed by atoms with Gasteiger partial charge < -0.3 is 15.0 Å². The molecule has 0 spiro atoms. The maximum Gasteiger partial charge on any atom is 0.156 e. The van der Waals surface area contributed by atoms with E-state index in [0.717, 1.165) is 84.2 Å². The van der Waals surface area contributed by atoms with Crippen molar-refractivity contribution in [3.05, 3.63) is 183 Å². The van der Waals surface area contributed by atoms with Crippen molar-refractivity contribution in [1.82, 2.24) is 44.9 Å². The lowest BCUT2D eigenvalue weighted by molar-refractivity contribution is 1.22. The second-order valence-electron chi connectivity index (χ2n) is 13.5. The van der Waals surface area contributed by atoms with Crippen LogP contribution < -0.4 is 0 Å². The van der Waals surface area contributed by atoms with E-state index in [0.29, 0.717) is 17.5 Å². The molecular weight excluding hydrogens is 703 g/mol. The molecule has 0 aliphatic heterocycles. The van der Waals surface area contributed by atoms with Crippen molar-refractivity contribution in [3.8, 4) is 102 Å². The summed E-state index contributed by atoms with van der Waals surface area (Å²) in [4.78, 5) is 38.6. The van der Waals surface area contributed by atoms with Gasteiger partial charge >= 0.3 is 0 Å². The minimum Gasteiger partial charge on any atom is -0.343 e. The number of benzene rings is 4. The van der Waals surface area contributed by atoms with Crippen LogP contribution in [0.1, 0.15) is 0 Å². The molecule has 0 atom stereocenters. The van der Waals surface area contributed by atoms with Crippen LogP contribution in [0, 0.1) is 0 Å². The Hall–Kier alpha value is -8.04. The van der Waals surface area contributed by atoms with E-state index in [9.17, 15) is 0 Å². The molecule has 0 amide bonds. The Morgan fingerprint density at radius 1 is 0.281 bits per heavy atom. The van der Waals surface area contributed by atoms with Gasteiger partial charge in [0.25, 0.3) is 0 Å². The second-order valence-corrected chi connectivity index (χ2v) is 13.5. The Morgan fingerprint density at radius 2 is 0.561 bits per heavy atom. The normalized spacial score (nSPS) is 11.2. The third-order valence-electron chi connectivity index (χ3n) is 9.93. The first-order valence-corrected chi connectivity index (χ1v) is 18.6. The Kier molecular flexibility index (Phi) is 8.62. The number of aromatic nitrogens is 9. The molecule has 0 fully saturated rings. The molecule has 0 bridgehead atoms. The first-order valence-electron chi connectivity index (χ1n) is 18.6. The van der Waals surface area contributed by atoms with Crippen molar-refractivity contribution in [1.29, 1.82) is 0 Å². The molecule has 0 aliphatic carbocycles. The van der Waals surface area contributed by atoms with E-state index in [1.165, 1.54) is 0 Å². The summed E-state index contributed by atoms with van der Waals surface area (Å²) in [6.45, 7) is 0. The van der Waals surface area contributed by atoms with Crippen LogP contribution >= 0.6 is 0 Å². The highest BCUT2D eigenvalue weighted by molar-refractivity contribution is 5.93. The van der Waals surface area contributed by atoms with E-state index < -0.39 is 0 Å². The predicted molar refractivity (Wildman–Crippen MR) is 225 cm³/mol. The van der Waals surface area contributed by atoms with Crippen molar-refractivity contribution in [2.24, 2.45) is 0 Å². The fourth-order valence-electron chi connectivity index (χ4n) is 7.25. The highest BCUT2D eigenvalue weighted by Gasteiger charge is 2.19. The molecule has 0 saturated carbocycles. The van der Waals surface area contributed by atoms with E-state index >= 15 is 0 Å². The van der Waals surface area contributed by atoms with Gasteiger partial charge in [0.15, 0.2) is 17.5 Å².